The number of halogens is 2. The van der Waals surface area contributed by atoms with Gasteiger partial charge in [-0.05, 0) is 89.8 Å². The number of nitro groups is 2. The van der Waals surface area contributed by atoms with E-state index in [1.165, 1.54) is 63.2 Å². The molecule has 3 N–H and O–H groups in total. The van der Waals surface area contributed by atoms with Gasteiger partial charge < -0.3 is 46.6 Å². The summed E-state index contributed by atoms with van der Waals surface area (Å²) in [4.78, 5) is 90.4. The van der Waals surface area contributed by atoms with Gasteiger partial charge in [-0.2, -0.15) is 0 Å². The second kappa shape index (κ2) is 39.5. The summed E-state index contributed by atoms with van der Waals surface area (Å²) in [7, 11) is 0. The van der Waals surface area contributed by atoms with Gasteiger partial charge in [-0.1, -0.05) is 40.4 Å². The Morgan fingerprint density at radius 2 is 1.37 bits per heavy atom. The number of amides is 1. The monoisotopic (exact) mass is 1310 g/mol. The topological polar surface area (TPSA) is 315 Å². The number of hydrogen-bond donors (Lipinski definition) is 2. The number of ether oxygens (including phenoxy) is 3. The van der Waals surface area contributed by atoms with E-state index in [1.807, 2.05) is 13.0 Å². The summed E-state index contributed by atoms with van der Waals surface area (Å²) in [6.45, 7) is 6.97. The molecule has 4 saturated carbocycles. The van der Waals surface area contributed by atoms with Crippen molar-refractivity contribution >= 4 is 86.3 Å². The average molecular weight is 1310 g/mol. The second-order valence-corrected chi connectivity index (χ2v) is 15.9. The molecule has 8 rings (SSSR count). The first kappa shape index (κ1) is 68.0. The summed E-state index contributed by atoms with van der Waals surface area (Å²) in [5.74, 6) is 0.291. The minimum atomic E-state index is -0.574. The minimum absolute atomic E-state index is 0. The number of nitrogens with one attached hydrogen (secondary N) is 1. The molecule has 1 amide bonds. The summed E-state index contributed by atoms with van der Waals surface area (Å²) in [5, 5.41) is 32.8. The van der Waals surface area contributed by atoms with Crippen LogP contribution in [0.3, 0.4) is 0 Å². The molecule has 4 aliphatic carbocycles. The van der Waals surface area contributed by atoms with Gasteiger partial charge >= 0.3 is 167 Å². The zero-order valence-electron chi connectivity index (χ0n) is 41.1. The van der Waals surface area contributed by atoms with Crippen LogP contribution in [0, 0.1) is 26.1 Å². The number of nitrogens with two attached hydrogens (primary N) is 1. The molecule has 1 aliphatic heterocycles. The van der Waals surface area contributed by atoms with Crippen LogP contribution in [-0.4, -0.2) is 111 Å². The Hall–Kier alpha value is -2.01. The normalized spacial score (nSPS) is 14.2. The van der Waals surface area contributed by atoms with Crippen LogP contribution in [-0.2, 0) is 43.1 Å². The largest absolute Gasteiger partial charge is 1.00 e. The molecule has 3 aromatic heterocycles. The van der Waals surface area contributed by atoms with Crippen molar-refractivity contribution in [3.8, 4) is 0 Å². The number of anilines is 3. The van der Waals surface area contributed by atoms with E-state index in [2.05, 4.69) is 50.7 Å². The molecule has 70 heavy (non-hydrogen) atoms. The number of nitrogens with zero attached hydrogens (tertiary/aromatic N) is 7. The number of rotatable bonds is 15. The van der Waals surface area contributed by atoms with Gasteiger partial charge in [0.2, 0.25) is 5.91 Å². The van der Waals surface area contributed by atoms with E-state index >= 15 is 0 Å². The Kier molecular flexibility index (Phi) is 38.3. The van der Waals surface area contributed by atoms with Gasteiger partial charge in [0.05, 0.1) is 53.8 Å². The van der Waals surface area contributed by atoms with E-state index in [4.69, 9.17) is 36.9 Å². The molecule has 4 heterocycles. The Balaban J connectivity index is 0. The van der Waals surface area contributed by atoms with Crippen LogP contribution in [0.4, 0.5) is 28.4 Å². The molecule has 0 aromatic carbocycles. The van der Waals surface area contributed by atoms with Crippen molar-refractivity contribution in [3.05, 3.63) is 80.6 Å². The van der Waals surface area contributed by atoms with E-state index in [9.17, 15) is 39.4 Å². The van der Waals surface area contributed by atoms with Crippen molar-refractivity contribution in [2.75, 3.05) is 53.4 Å². The number of hydrogen-bond acceptors (Lipinski definition) is 20. The third-order valence-corrected chi connectivity index (χ3v) is 10.1. The fourth-order valence-corrected chi connectivity index (χ4v) is 5.88. The smallest absolute Gasteiger partial charge is 1.00 e. The van der Waals surface area contributed by atoms with E-state index in [0.29, 0.717) is 55.9 Å². The van der Waals surface area contributed by atoms with Crippen LogP contribution in [0.15, 0.2) is 55.4 Å². The third-order valence-electron chi connectivity index (χ3n) is 9.34. The van der Waals surface area contributed by atoms with Gasteiger partial charge in [0, 0.05) is 43.1 Å². The molecule has 3 aromatic rings. The number of carbonyl (C=O) groups excluding carboxylic acids is 5. The molecular formula is C43H59BrClCs2N9O14. The maximum absolute atomic E-state index is 11.6. The summed E-state index contributed by atoms with van der Waals surface area (Å²) in [5.41, 5.74) is 7.36. The molecule has 0 bridgehead atoms. The molecule has 23 nitrogen and oxygen atoms in total. The van der Waals surface area contributed by atoms with Crippen LogP contribution in [0.1, 0.15) is 86.4 Å². The van der Waals surface area contributed by atoms with E-state index < -0.39 is 9.85 Å². The van der Waals surface area contributed by atoms with Gasteiger partial charge in [-0.15, -0.1) is 0 Å². The van der Waals surface area contributed by atoms with Gasteiger partial charge in [0.25, 0.3) is 6.47 Å². The summed E-state index contributed by atoms with van der Waals surface area (Å²) in [6.07, 6.45) is 19.8. The van der Waals surface area contributed by atoms with Crippen molar-refractivity contribution in [2.45, 2.75) is 103 Å². The van der Waals surface area contributed by atoms with Gasteiger partial charge in [-0.3, -0.25) is 59.2 Å². The molecule has 0 saturated heterocycles. The number of alkyl halides is 1. The van der Waals surface area contributed by atoms with E-state index in [-0.39, 0.29) is 198 Å². The standard InChI is InChI=1S/C12H15N3O4.C10H11N3O.C8H14O2.C5H3ClN2O2.C4H7BrO2.C3H7N.CH2O3.2Cs.H/c1-2-19-12(16)8-14(9-3-4-9)10-5-6-13-7-11(10)15(17)18;14-10-6-13(7-1-2-7)9-3-4-11-5-8(9)12-10;1-2-10-8(9)6-5-7-3-4-7;6-4-1-2-7-3-5(4)8(9)10;1-2-7-4(6)3-5;4-3-1-2-3;2-1-4-3;;;/h5-7,9H,2-4,8H2,1H3;3-5,7H,1-2,6H2,(H,12,14);7H,2-6H2,1H3;1-3H;2-3H2,1H3;3H,1-2,4H2;1,3H;;;/q;;;;;;;2*+1;-1/p-1. The maximum atomic E-state index is 11.6. The molecule has 4 fully saturated rings. The van der Waals surface area contributed by atoms with Crippen molar-refractivity contribution in [1.82, 2.24) is 15.0 Å². The van der Waals surface area contributed by atoms with Crippen molar-refractivity contribution in [1.29, 1.82) is 0 Å². The summed E-state index contributed by atoms with van der Waals surface area (Å²) < 4.78 is 14.2. The number of fused-ring (bicyclic) bond motifs is 1. The predicted molar refractivity (Wildman–Crippen MR) is 252 cm³/mol. The number of carbonyl (C=O) groups is 5. The van der Waals surface area contributed by atoms with Crippen LogP contribution in [0.5, 0.6) is 0 Å². The summed E-state index contributed by atoms with van der Waals surface area (Å²) >= 11 is 8.38. The first-order valence-corrected chi connectivity index (χ1v) is 23.2. The average Bonchev–Trinajstić information content (AvgIpc) is 4.09. The Morgan fingerprint density at radius 3 is 1.81 bits per heavy atom. The maximum Gasteiger partial charge on any atom is 1.00 e. The van der Waals surface area contributed by atoms with Gasteiger partial charge in [-0.25, -0.2) is 0 Å². The predicted octanol–water partition coefficient (Wildman–Crippen LogP) is -0.486. The minimum Gasteiger partial charge on any atom is -1.00 e. The first-order valence-electron chi connectivity index (χ1n) is 21.7. The van der Waals surface area contributed by atoms with Crippen LogP contribution in [0.25, 0.3) is 0 Å². The Morgan fingerprint density at radius 1 is 0.857 bits per heavy atom. The molecule has 0 unspecified atom stereocenters. The van der Waals surface area contributed by atoms with Crippen LogP contribution < -0.4 is 164 Å². The van der Waals surface area contributed by atoms with Gasteiger partial charge in [0.15, 0.2) is 0 Å². The molecule has 5 aliphatic rings. The SMILES string of the molecule is CCOC(=O)CBr.CCOC(=O)CCC1CC1.CCOC(=O)CN(c1ccncc1[N+](=O)[O-])C1CC1.NC1CC1.O=C1CN(C2CC2)c2ccncc2N1.O=CO[O-].O=[N+]([O-])c1cnccc1Cl.[Cs+].[Cs+].[H-]. The molecule has 0 spiro atoms. The number of esters is 3. The number of aromatic nitrogens is 3. The van der Waals surface area contributed by atoms with Crippen molar-refractivity contribution in [3.63, 3.8) is 0 Å². The Labute approximate surface area is 538 Å². The number of pyridine rings is 3. The molecule has 0 atom stereocenters. The zero-order chi connectivity index (χ0) is 50.4. The van der Waals surface area contributed by atoms with Crippen LogP contribution in [0.2, 0.25) is 5.02 Å². The van der Waals surface area contributed by atoms with Gasteiger partial charge in [0.1, 0.15) is 35.0 Å². The Bertz CT molecular complexity index is 2080. The second-order valence-electron chi connectivity index (χ2n) is 14.9. The van der Waals surface area contributed by atoms with E-state index in [1.54, 1.807) is 37.2 Å². The first-order chi connectivity index (χ1) is 32.6. The summed E-state index contributed by atoms with van der Waals surface area (Å²) in [6, 6.07) is 6.23. The fraction of sp³-hybridized carbons (Fsp3) is 0.535. The molecule has 0 radical (unpaired) electrons. The quantitative estimate of drug-likeness (QED) is 0.0369. The van der Waals surface area contributed by atoms with Crippen molar-refractivity contribution < 1.29 is 197 Å². The van der Waals surface area contributed by atoms with E-state index in [0.717, 1.165) is 42.8 Å². The molecule has 27 heteroatoms. The third kappa shape index (κ3) is 30.3. The molecular weight excluding hydrogens is 1250 g/mol. The van der Waals surface area contributed by atoms with Crippen molar-refractivity contribution in [2.24, 2.45) is 11.7 Å². The fourth-order valence-electron chi connectivity index (χ4n) is 5.54. The molecule has 376 valence electrons. The zero-order valence-corrected chi connectivity index (χ0v) is 55.0. The van der Waals surface area contributed by atoms with Crippen LogP contribution >= 0.6 is 27.5 Å².